The first kappa shape index (κ1) is 10.0. The van der Waals surface area contributed by atoms with Gasteiger partial charge in [-0.05, 0) is 25.3 Å². The lowest BCUT2D eigenvalue weighted by atomic mass is 9.89. The Morgan fingerprint density at radius 1 is 1.50 bits per heavy atom. The molecule has 1 rings (SSSR count). The molecule has 1 aliphatic rings. The fraction of sp³-hybridized carbons (Fsp3) is 1.00. The van der Waals surface area contributed by atoms with Crippen molar-refractivity contribution < 1.29 is 0 Å². The third-order valence-corrected chi connectivity index (χ3v) is 2.79. The van der Waals surface area contributed by atoms with Gasteiger partial charge in [0.15, 0.2) is 0 Å². The van der Waals surface area contributed by atoms with Crippen molar-refractivity contribution in [3.05, 3.63) is 0 Å². The van der Waals surface area contributed by atoms with E-state index in [9.17, 15) is 0 Å². The topological polar surface area (TPSA) is 38.0 Å². The van der Waals surface area contributed by atoms with Gasteiger partial charge in [-0.15, -0.1) is 0 Å². The molecule has 0 aromatic carbocycles. The molecule has 3 atom stereocenters. The highest BCUT2D eigenvalue weighted by Crippen LogP contribution is 2.16. The summed E-state index contributed by atoms with van der Waals surface area (Å²) in [6, 6.07) is 0.974. The predicted molar refractivity (Wildman–Crippen MR) is 53.1 cm³/mol. The van der Waals surface area contributed by atoms with Crippen molar-refractivity contribution in [2.24, 2.45) is 11.7 Å². The van der Waals surface area contributed by atoms with Crippen molar-refractivity contribution in [2.45, 2.75) is 51.6 Å². The minimum atomic E-state index is 0.389. The van der Waals surface area contributed by atoms with E-state index >= 15 is 0 Å². The molecule has 3 N–H and O–H groups in total. The van der Waals surface area contributed by atoms with E-state index in [2.05, 4.69) is 19.2 Å². The number of hydrogen-bond acceptors (Lipinski definition) is 2. The zero-order valence-corrected chi connectivity index (χ0v) is 8.34. The summed E-state index contributed by atoms with van der Waals surface area (Å²) >= 11 is 0. The summed E-state index contributed by atoms with van der Waals surface area (Å²) in [4.78, 5) is 0. The molecule has 0 amide bonds. The number of piperidine rings is 1. The molecule has 12 heavy (non-hydrogen) atoms. The Balaban J connectivity index is 2.25. The molecule has 1 saturated heterocycles. The average Bonchev–Trinajstić information content (AvgIpc) is 2.03. The first-order chi connectivity index (χ1) is 5.74. The van der Waals surface area contributed by atoms with E-state index in [-0.39, 0.29) is 0 Å². The number of hydrogen-bond donors (Lipinski definition) is 2. The third-order valence-electron chi connectivity index (χ3n) is 2.79. The van der Waals surface area contributed by atoms with Crippen LogP contribution in [0.25, 0.3) is 0 Å². The quantitative estimate of drug-likeness (QED) is 0.673. The van der Waals surface area contributed by atoms with E-state index in [1.54, 1.807) is 0 Å². The van der Waals surface area contributed by atoms with Gasteiger partial charge in [0.1, 0.15) is 0 Å². The summed E-state index contributed by atoms with van der Waals surface area (Å²) in [5.41, 5.74) is 6.05. The Hall–Kier alpha value is -0.0800. The number of rotatable bonds is 3. The van der Waals surface area contributed by atoms with E-state index in [0.717, 1.165) is 12.5 Å². The van der Waals surface area contributed by atoms with Crippen LogP contribution in [0, 0.1) is 5.92 Å². The van der Waals surface area contributed by atoms with E-state index in [1.807, 2.05) is 0 Å². The van der Waals surface area contributed by atoms with Crippen molar-refractivity contribution in [2.75, 3.05) is 6.54 Å². The smallest absolute Gasteiger partial charge is 0.0219 e. The zero-order valence-electron chi connectivity index (χ0n) is 8.34. The first-order valence-corrected chi connectivity index (χ1v) is 5.23. The molecule has 1 fully saturated rings. The third kappa shape index (κ3) is 2.76. The standard InChI is InChI=1S/C10H22N2/c1-3-4-5-10-9(11)6-8(2)7-12-10/h8-10,12H,3-7,11H2,1-2H3. The fourth-order valence-corrected chi connectivity index (χ4v) is 1.96. The van der Waals surface area contributed by atoms with Crippen LogP contribution >= 0.6 is 0 Å². The summed E-state index contributed by atoms with van der Waals surface area (Å²) in [6.45, 7) is 5.65. The fourth-order valence-electron chi connectivity index (χ4n) is 1.96. The maximum atomic E-state index is 6.05. The zero-order chi connectivity index (χ0) is 8.97. The molecular weight excluding hydrogens is 148 g/mol. The lowest BCUT2D eigenvalue weighted by Gasteiger charge is -2.33. The molecule has 2 nitrogen and oxygen atoms in total. The van der Waals surface area contributed by atoms with Crippen LogP contribution < -0.4 is 11.1 Å². The highest BCUT2D eigenvalue weighted by atomic mass is 15.0. The van der Waals surface area contributed by atoms with Crippen molar-refractivity contribution >= 4 is 0 Å². The average molecular weight is 170 g/mol. The summed E-state index contributed by atoms with van der Waals surface area (Å²) in [7, 11) is 0. The van der Waals surface area contributed by atoms with E-state index in [0.29, 0.717) is 12.1 Å². The minimum Gasteiger partial charge on any atom is -0.326 e. The molecule has 0 spiro atoms. The molecule has 0 saturated carbocycles. The SMILES string of the molecule is CCCCC1NCC(C)CC1N. The summed E-state index contributed by atoms with van der Waals surface area (Å²) in [6.07, 6.45) is 5.03. The van der Waals surface area contributed by atoms with E-state index in [1.165, 1.54) is 25.7 Å². The van der Waals surface area contributed by atoms with Crippen LogP contribution in [0.4, 0.5) is 0 Å². The normalized spacial score (nSPS) is 36.8. The molecule has 0 radical (unpaired) electrons. The summed E-state index contributed by atoms with van der Waals surface area (Å²) < 4.78 is 0. The van der Waals surface area contributed by atoms with Crippen LogP contribution in [-0.2, 0) is 0 Å². The van der Waals surface area contributed by atoms with E-state index < -0.39 is 0 Å². The van der Waals surface area contributed by atoms with Gasteiger partial charge in [0, 0.05) is 12.1 Å². The van der Waals surface area contributed by atoms with Gasteiger partial charge in [-0.3, -0.25) is 0 Å². The lowest BCUT2D eigenvalue weighted by Crippen LogP contribution is -2.52. The molecule has 3 unspecified atom stereocenters. The van der Waals surface area contributed by atoms with Crippen LogP contribution in [0.15, 0.2) is 0 Å². The van der Waals surface area contributed by atoms with Crippen LogP contribution in [0.3, 0.4) is 0 Å². The Bertz CT molecular complexity index is 123. The van der Waals surface area contributed by atoms with Gasteiger partial charge in [-0.1, -0.05) is 26.7 Å². The predicted octanol–water partition coefficient (Wildman–Crippen LogP) is 1.50. The van der Waals surface area contributed by atoms with Crippen LogP contribution in [0.1, 0.15) is 39.5 Å². The second kappa shape index (κ2) is 4.83. The molecular formula is C10H22N2. The number of nitrogens with one attached hydrogen (secondary N) is 1. The number of unbranched alkanes of at least 4 members (excludes halogenated alkanes) is 1. The Labute approximate surface area is 75.9 Å². The molecule has 2 heteroatoms. The monoisotopic (exact) mass is 170 g/mol. The highest BCUT2D eigenvalue weighted by molar-refractivity contribution is 4.86. The van der Waals surface area contributed by atoms with Crippen molar-refractivity contribution in [3.8, 4) is 0 Å². The lowest BCUT2D eigenvalue weighted by molar-refractivity contribution is 0.273. The maximum Gasteiger partial charge on any atom is 0.0219 e. The Kier molecular flexibility index (Phi) is 4.02. The maximum absolute atomic E-state index is 6.05. The Morgan fingerprint density at radius 2 is 2.25 bits per heavy atom. The molecule has 0 aliphatic carbocycles. The molecule has 0 bridgehead atoms. The van der Waals surface area contributed by atoms with Gasteiger partial charge in [-0.2, -0.15) is 0 Å². The Morgan fingerprint density at radius 3 is 2.83 bits per heavy atom. The molecule has 0 aromatic rings. The van der Waals surface area contributed by atoms with E-state index in [4.69, 9.17) is 5.73 Å². The molecule has 72 valence electrons. The molecule has 0 aromatic heterocycles. The van der Waals surface area contributed by atoms with Crippen LogP contribution in [0.5, 0.6) is 0 Å². The van der Waals surface area contributed by atoms with Gasteiger partial charge in [0.2, 0.25) is 0 Å². The first-order valence-electron chi connectivity index (χ1n) is 5.23. The van der Waals surface area contributed by atoms with Gasteiger partial charge >= 0.3 is 0 Å². The van der Waals surface area contributed by atoms with Gasteiger partial charge < -0.3 is 11.1 Å². The summed E-state index contributed by atoms with van der Waals surface area (Å²) in [5, 5.41) is 3.53. The highest BCUT2D eigenvalue weighted by Gasteiger charge is 2.24. The largest absolute Gasteiger partial charge is 0.326 e. The summed E-state index contributed by atoms with van der Waals surface area (Å²) in [5.74, 6) is 0.762. The molecule has 1 heterocycles. The van der Waals surface area contributed by atoms with Crippen LogP contribution in [-0.4, -0.2) is 18.6 Å². The number of nitrogens with two attached hydrogens (primary N) is 1. The second-order valence-corrected chi connectivity index (χ2v) is 4.16. The second-order valence-electron chi connectivity index (χ2n) is 4.16. The van der Waals surface area contributed by atoms with Gasteiger partial charge in [0.05, 0.1) is 0 Å². The molecule has 1 aliphatic heterocycles. The van der Waals surface area contributed by atoms with Gasteiger partial charge in [-0.25, -0.2) is 0 Å². The minimum absolute atomic E-state index is 0.389. The van der Waals surface area contributed by atoms with Gasteiger partial charge in [0.25, 0.3) is 0 Å². The van der Waals surface area contributed by atoms with Crippen molar-refractivity contribution in [3.63, 3.8) is 0 Å². The van der Waals surface area contributed by atoms with Crippen LogP contribution in [0.2, 0.25) is 0 Å². The van der Waals surface area contributed by atoms with Crippen molar-refractivity contribution in [1.29, 1.82) is 0 Å². The van der Waals surface area contributed by atoms with Crippen molar-refractivity contribution in [1.82, 2.24) is 5.32 Å².